The number of hydrogen-bond acceptors (Lipinski definition) is 2. The molecule has 3 atom stereocenters. The van der Waals surface area contributed by atoms with Crippen molar-refractivity contribution in [1.82, 2.24) is 5.01 Å². The fourth-order valence-corrected chi connectivity index (χ4v) is 7.54. The summed E-state index contributed by atoms with van der Waals surface area (Å²) in [6.07, 6.45) is 3.28. The maximum atomic E-state index is 13.3. The molecule has 27 heavy (non-hydrogen) atoms. The van der Waals surface area contributed by atoms with Crippen molar-refractivity contribution < 1.29 is 4.79 Å². The van der Waals surface area contributed by atoms with Gasteiger partial charge in [-0.1, -0.05) is 74.6 Å². The van der Waals surface area contributed by atoms with E-state index in [1.165, 1.54) is 6.42 Å². The van der Waals surface area contributed by atoms with E-state index < -0.39 is 8.07 Å². The summed E-state index contributed by atoms with van der Waals surface area (Å²) in [7, 11) is -1.30. The minimum Gasteiger partial charge on any atom is -0.267 e. The van der Waals surface area contributed by atoms with Crippen LogP contribution in [0.1, 0.15) is 35.2 Å². The largest absolute Gasteiger partial charge is 0.274 e. The van der Waals surface area contributed by atoms with Crippen LogP contribution in [-0.4, -0.2) is 30.7 Å². The lowest BCUT2D eigenvalue weighted by atomic mass is 9.90. The van der Waals surface area contributed by atoms with Gasteiger partial charge < -0.3 is 0 Å². The molecule has 4 rings (SSSR count). The van der Waals surface area contributed by atoms with Crippen molar-refractivity contribution in [3.63, 3.8) is 0 Å². The fraction of sp³-hybridized carbons (Fsp3) is 0.391. The zero-order valence-corrected chi connectivity index (χ0v) is 17.4. The molecule has 0 spiro atoms. The SMILES string of the molecule is C[Si](C)(C)[C@@H]1CC[C@@H]2[C@H]1CC(c1ccccc1)=NN2C(=O)c1ccccc1. The van der Waals surface area contributed by atoms with Crippen molar-refractivity contribution in [2.24, 2.45) is 11.0 Å². The van der Waals surface area contributed by atoms with Gasteiger partial charge in [0.2, 0.25) is 0 Å². The van der Waals surface area contributed by atoms with Crippen LogP contribution in [-0.2, 0) is 0 Å². The van der Waals surface area contributed by atoms with Crippen LogP contribution >= 0.6 is 0 Å². The van der Waals surface area contributed by atoms with E-state index in [0.717, 1.165) is 35.2 Å². The van der Waals surface area contributed by atoms with Crippen LogP contribution < -0.4 is 0 Å². The third-order valence-corrected chi connectivity index (χ3v) is 9.15. The van der Waals surface area contributed by atoms with Gasteiger partial charge in [0.15, 0.2) is 0 Å². The minimum atomic E-state index is -1.30. The zero-order valence-electron chi connectivity index (χ0n) is 16.4. The Bertz CT molecular complexity index is 842. The lowest BCUT2D eigenvalue weighted by Gasteiger charge is -2.39. The van der Waals surface area contributed by atoms with E-state index in [1.54, 1.807) is 0 Å². The van der Waals surface area contributed by atoms with Gasteiger partial charge in [-0.15, -0.1) is 0 Å². The summed E-state index contributed by atoms with van der Waals surface area (Å²) in [5, 5.41) is 6.73. The van der Waals surface area contributed by atoms with Crippen molar-refractivity contribution in [3.05, 3.63) is 71.8 Å². The molecule has 0 N–H and O–H groups in total. The number of amides is 1. The van der Waals surface area contributed by atoms with Gasteiger partial charge in [0.1, 0.15) is 0 Å². The number of carbonyl (C=O) groups is 1. The molecular formula is C23H28N2OSi. The first kappa shape index (κ1) is 18.2. The van der Waals surface area contributed by atoms with E-state index in [4.69, 9.17) is 5.10 Å². The van der Waals surface area contributed by atoms with Gasteiger partial charge in [-0.2, -0.15) is 5.10 Å². The van der Waals surface area contributed by atoms with Crippen LogP contribution in [0.25, 0.3) is 0 Å². The number of hydrazone groups is 1. The summed E-state index contributed by atoms with van der Waals surface area (Å²) < 4.78 is 0. The molecule has 1 heterocycles. The number of nitrogens with zero attached hydrogens (tertiary/aromatic N) is 2. The third-order valence-electron chi connectivity index (χ3n) is 6.20. The van der Waals surface area contributed by atoms with Gasteiger partial charge in [-0.25, -0.2) is 5.01 Å². The molecule has 0 bridgehead atoms. The van der Waals surface area contributed by atoms with E-state index in [9.17, 15) is 4.79 Å². The fourth-order valence-electron chi connectivity index (χ4n) is 4.89. The van der Waals surface area contributed by atoms with E-state index >= 15 is 0 Å². The van der Waals surface area contributed by atoms with Crippen molar-refractivity contribution in [2.45, 2.75) is 50.5 Å². The van der Waals surface area contributed by atoms with Crippen molar-refractivity contribution in [3.8, 4) is 0 Å². The topological polar surface area (TPSA) is 32.7 Å². The molecule has 1 aliphatic carbocycles. The average molecular weight is 377 g/mol. The second-order valence-electron chi connectivity index (χ2n) is 8.91. The number of carbonyl (C=O) groups excluding carboxylic acids is 1. The predicted octanol–water partition coefficient (Wildman–Crippen LogP) is 5.42. The Labute approximate surface area is 163 Å². The molecule has 2 aliphatic rings. The molecule has 1 amide bonds. The van der Waals surface area contributed by atoms with Gasteiger partial charge in [0, 0.05) is 13.6 Å². The molecule has 2 aromatic rings. The van der Waals surface area contributed by atoms with E-state index in [2.05, 4.69) is 43.9 Å². The molecule has 140 valence electrons. The van der Waals surface area contributed by atoms with E-state index in [-0.39, 0.29) is 11.9 Å². The van der Waals surface area contributed by atoms with E-state index in [0.29, 0.717) is 5.92 Å². The van der Waals surface area contributed by atoms with Crippen LogP contribution in [0.4, 0.5) is 0 Å². The highest BCUT2D eigenvalue weighted by Crippen LogP contribution is 2.49. The van der Waals surface area contributed by atoms with Crippen molar-refractivity contribution >= 4 is 19.7 Å². The van der Waals surface area contributed by atoms with Crippen LogP contribution in [0.3, 0.4) is 0 Å². The molecule has 2 aromatic carbocycles. The molecule has 0 radical (unpaired) electrons. The number of benzene rings is 2. The van der Waals surface area contributed by atoms with Gasteiger partial charge in [-0.05, 0) is 42.0 Å². The summed E-state index contributed by atoms with van der Waals surface area (Å²) in [5.41, 5.74) is 3.67. The number of fused-ring (bicyclic) bond motifs is 1. The molecular weight excluding hydrogens is 348 g/mol. The van der Waals surface area contributed by atoms with Gasteiger partial charge in [-0.3, -0.25) is 4.79 Å². The van der Waals surface area contributed by atoms with Crippen molar-refractivity contribution in [2.75, 3.05) is 0 Å². The Balaban J connectivity index is 1.74. The standard InChI is InChI=1S/C23H28N2OSi/c1-27(2,3)22-15-14-21-19(22)16-20(17-10-6-4-7-11-17)24-25(21)23(26)18-12-8-5-9-13-18/h4-13,19,21-22H,14-16H2,1-3H3/t19-,21-,22-/m1/s1. The molecule has 1 aliphatic heterocycles. The molecule has 1 fully saturated rings. The van der Waals surface area contributed by atoms with Crippen LogP contribution in [0, 0.1) is 5.92 Å². The second-order valence-corrected chi connectivity index (χ2v) is 14.4. The summed E-state index contributed by atoms with van der Waals surface area (Å²) in [5.74, 6) is 0.562. The van der Waals surface area contributed by atoms with Crippen LogP contribution in [0.5, 0.6) is 0 Å². The normalized spacial score (nSPS) is 25.1. The highest BCUT2D eigenvalue weighted by molar-refractivity contribution is 6.77. The lowest BCUT2D eigenvalue weighted by Crippen LogP contribution is -2.46. The minimum absolute atomic E-state index is 0.0370. The smallest absolute Gasteiger partial charge is 0.267 e. The first-order chi connectivity index (χ1) is 12.9. The summed E-state index contributed by atoms with van der Waals surface area (Å²) in [4.78, 5) is 13.3. The molecule has 3 nitrogen and oxygen atoms in total. The van der Waals surface area contributed by atoms with E-state index in [1.807, 2.05) is 41.4 Å². The van der Waals surface area contributed by atoms with Gasteiger partial charge in [0.25, 0.3) is 5.91 Å². The zero-order chi connectivity index (χ0) is 19.0. The first-order valence-electron chi connectivity index (χ1n) is 9.96. The van der Waals surface area contributed by atoms with Crippen LogP contribution in [0.15, 0.2) is 65.8 Å². The Kier molecular flexibility index (Phi) is 4.77. The Hall–Kier alpha value is -2.20. The highest BCUT2D eigenvalue weighted by atomic mass is 28.3. The maximum Gasteiger partial charge on any atom is 0.274 e. The number of rotatable bonds is 3. The molecule has 0 saturated heterocycles. The molecule has 4 heteroatoms. The summed E-state index contributed by atoms with van der Waals surface area (Å²) in [6, 6.07) is 20.2. The lowest BCUT2D eigenvalue weighted by molar-refractivity contribution is 0.0623. The number of hydrogen-bond donors (Lipinski definition) is 0. The molecule has 0 unspecified atom stereocenters. The Morgan fingerprint density at radius 3 is 2.22 bits per heavy atom. The van der Waals surface area contributed by atoms with Crippen molar-refractivity contribution in [1.29, 1.82) is 0 Å². The van der Waals surface area contributed by atoms with Gasteiger partial charge >= 0.3 is 0 Å². The highest BCUT2D eigenvalue weighted by Gasteiger charge is 2.48. The Morgan fingerprint density at radius 1 is 0.963 bits per heavy atom. The second kappa shape index (κ2) is 7.08. The molecule has 0 aromatic heterocycles. The first-order valence-corrected chi connectivity index (χ1v) is 13.5. The van der Waals surface area contributed by atoms with Crippen LogP contribution in [0.2, 0.25) is 25.2 Å². The monoisotopic (exact) mass is 376 g/mol. The predicted molar refractivity (Wildman–Crippen MR) is 114 cm³/mol. The third kappa shape index (κ3) is 3.50. The quantitative estimate of drug-likeness (QED) is 0.658. The summed E-state index contributed by atoms with van der Waals surface area (Å²) in [6.45, 7) is 7.41. The average Bonchev–Trinajstić information content (AvgIpc) is 3.12. The molecule has 1 saturated carbocycles. The summed E-state index contributed by atoms with van der Waals surface area (Å²) >= 11 is 0. The maximum absolute atomic E-state index is 13.3. The Morgan fingerprint density at radius 2 is 1.59 bits per heavy atom. The van der Waals surface area contributed by atoms with Gasteiger partial charge in [0.05, 0.1) is 11.8 Å².